The summed E-state index contributed by atoms with van der Waals surface area (Å²) < 4.78 is 0. The summed E-state index contributed by atoms with van der Waals surface area (Å²) in [5, 5.41) is 6.90. The van der Waals surface area contributed by atoms with Crippen molar-refractivity contribution in [2.45, 2.75) is 33.1 Å². The van der Waals surface area contributed by atoms with E-state index >= 15 is 0 Å². The highest BCUT2D eigenvalue weighted by molar-refractivity contribution is 4.73. The normalized spacial score (nSPS) is 18.9. The number of nitrogens with one attached hydrogen (secondary N) is 2. The molecule has 2 nitrogen and oxygen atoms in total. The first-order valence-electron chi connectivity index (χ1n) is 5.74. The lowest BCUT2D eigenvalue weighted by Crippen LogP contribution is -2.30. The summed E-state index contributed by atoms with van der Waals surface area (Å²) in [6.07, 6.45) is 4.36. The summed E-state index contributed by atoms with van der Waals surface area (Å²) in [6, 6.07) is 0. The lowest BCUT2D eigenvalue weighted by Gasteiger charge is -2.12. The van der Waals surface area contributed by atoms with Crippen molar-refractivity contribution < 1.29 is 0 Å². The van der Waals surface area contributed by atoms with Crippen LogP contribution in [-0.4, -0.2) is 26.2 Å². The van der Waals surface area contributed by atoms with E-state index in [2.05, 4.69) is 24.5 Å². The van der Waals surface area contributed by atoms with Gasteiger partial charge in [0.05, 0.1) is 0 Å². The zero-order valence-corrected chi connectivity index (χ0v) is 9.10. The van der Waals surface area contributed by atoms with Crippen LogP contribution in [0.3, 0.4) is 0 Å². The zero-order chi connectivity index (χ0) is 9.52. The van der Waals surface area contributed by atoms with E-state index in [4.69, 9.17) is 0 Å². The fourth-order valence-electron chi connectivity index (χ4n) is 1.52. The predicted octanol–water partition coefficient (Wildman–Crippen LogP) is 1.62. The molecule has 1 aliphatic rings. The Balaban J connectivity index is 1.79. The molecule has 0 aliphatic heterocycles. The molecular formula is C11H24N2. The van der Waals surface area contributed by atoms with Gasteiger partial charge >= 0.3 is 0 Å². The molecule has 0 amide bonds. The molecule has 78 valence electrons. The quantitative estimate of drug-likeness (QED) is 0.560. The van der Waals surface area contributed by atoms with E-state index in [1.165, 1.54) is 32.4 Å². The summed E-state index contributed by atoms with van der Waals surface area (Å²) in [6.45, 7) is 9.08. The van der Waals surface area contributed by atoms with Crippen LogP contribution in [0, 0.1) is 11.8 Å². The minimum Gasteiger partial charge on any atom is -0.317 e. The van der Waals surface area contributed by atoms with Crippen LogP contribution >= 0.6 is 0 Å². The van der Waals surface area contributed by atoms with Crippen LogP contribution in [0.5, 0.6) is 0 Å². The first kappa shape index (κ1) is 11.0. The van der Waals surface area contributed by atoms with E-state index in [-0.39, 0.29) is 0 Å². The third kappa shape index (κ3) is 6.05. The lowest BCUT2D eigenvalue weighted by atomic mass is 10.2. The first-order valence-corrected chi connectivity index (χ1v) is 5.74. The van der Waals surface area contributed by atoms with Crippen molar-refractivity contribution >= 4 is 0 Å². The molecule has 0 aromatic heterocycles. The zero-order valence-electron chi connectivity index (χ0n) is 9.10. The van der Waals surface area contributed by atoms with Crippen LogP contribution in [0.25, 0.3) is 0 Å². The predicted molar refractivity (Wildman–Crippen MR) is 57.9 cm³/mol. The molecule has 2 N–H and O–H groups in total. The maximum Gasteiger partial charge on any atom is -0.00110 e. The molecule has 13 heavy (non-hydrogen) atoms. The SMILES string of the molecule is CCNCC(C)CNCCC1CC1. The molecule has 0 heterocycles. The third-order valence-electron chi connectivity index (χ3n) is 2.66. The van der Waals surface area contributed by atoms with E-state index < -0.39 is 0 Å². The van der Waals surface area contributed by atoms with Crippen molar-refractivity contribution in [2.75, 3.05) is 26.2 Å². The average molecular weight is 184 g/mol. The topological polar surface area (TPSA) is 24.1 Å². The van der Waals surface area contributed by atoms with Crippen LogP contribution in [0.2, 0.25) is 0 Å². The van der Waals surface area contributed by atoms with Crippen molar-refractivity contribution in [3.8, 4) is 0 Å². The van der Waals surface area contributed by atoms with Crippen molar-refractivity contribution in [3.63, 3.8) is 0 Å². The summed E-state index contributed by atoms with van der Waals surface area (Å²) in [5.41, 5.74) is 0. The van der Waals surface area contributed by atoms with Crippen LogP contribution in [0.4, 0.5) is 0 Å². The van der Waals surface area contributed by atoms with Gasteiger partial charge in [0.15, 0.2) is 0 Å². The fourth-order valence-corrected chi connectivity index (χ4v) is 1.52. The maximum atomic E-state index is 3.53. The Morgan fingerprint density at radius 1 is 1.23 bits per heavy atom. The summed E-state index contributed by atoms with van der Waals surface area (Å²) >= 11 is 0. The molecule has 2 heteroatoms. The fraction of sp³-hybridized carbons (Fsp3) is 1.00. The Morgan fingerprint density at radius 3 is 2.54 bits per heavy atom. The second-order valence-corrected chi connectivity index (χ2v) is 4.35. The van der Waals surface area contributed by atoms with Gasteiger partial charge in [-0.15, -0.1) is 0 Å². The van der Waals surface area contributed by atoms with E-state index in [1.807, 2.05) is 0 Å². The largest absolute Gasteiger partial charge is 0.317 e. The number of hydrogen-bond donors (Lipinski definition) is 2. The van der Waals surface area contributed by atoms with Gasteiger partial charge in [0, 0.05) is 0 Å². The summed E-state index contributed by atoms with van der Waals surface area (Å²) in [7, 11) is 0. The van der Waals surface area contributed by atoms with Gasteiger partial charge in [-0.05, 0) is 44.4 Å². The number of hydrogen-bond acceptors (Lipinski definition) is 2. The number of rotatable bonds is 8. The highest BCUT2D eigenvalue weighted by Crippen LogP contribution is 2.31. The van der Waals surface area contributed by atoms with Gasteiger partial charge in [-0.25, -0.2) is 0 Å². The van der Waals surface area contributed by atoms with Gasteiger partial charge in [0.2, 0.25) is 0 Å². The lowest BCUT2D eigenvalue weighted by molar-refractivity contribution is 0.471. The molecular weight excluding hydrogens is 160 g/mol. The van der Waals surface area contributed by atoms with Crippen LogP contribution in [0.1, 0.15) is 33.1 Å². The van der Waals surface area contributed by atoms with Crippen molar-refractivity contribution in [3.05, 3.63) is 0 Å². The smallest absolute Gasteiger partial charge is 0.00110 e. The monoisotopic (exact) mass is 184 g/mol. The molecule has 0 spiro atoms. The minimum atomic E-state index is 0.763. The Labute approximate surface area is 82.5 Å². The molecule has 1 rings (SSSR count). The second kappa shape index (κ2) is 6.39. The molecule has 0 aromatic carbocycles. The highest BCUT2D eigenvalue weighted by Gasteiger charge is 2.19. The van der Waals surface area contributed by atoms with Gasteiger partial charge in [-0.1, -0.05) is 26.7 Å². The van der Waals surface area contributed by atoms with Gasteiger partial charge in [-0.2, -0.15) is 0 Å². The molecule has 0 aromatic rings. The average Bonchev–Trinajstić information content (AvgIpc) is 2.92. The molecule has 1 aliphatic carbocycles. The van der Waals surface area contributed by atoms with Crippen LogP contribution < -0.4 is 10.6 Å². The van der Waals surface area contributed by atoms with E-state index in [1.54, 1.807) is 0 Å². The summed E-state index contributed by atoms with van der Waals surface area (Å²) in [4.78, 5) is 0. The Morgan fingerprint density at radius 2 is 1.92 bits per heavy atom. The second-order valence-electron chi connectivity index (χ2n) is 4.35. The minimum absolute atomic E-state index is 0.763. The molecule has 0 saturated heterocycles. The molecule has 0 bridgehead atoms. The highest BCUT2D eigenvalue weighted by atomic mass is 14.9. The van der Waals surface area contributed by atoms with E-state index in [0.717, 1.165) is 24.9 Å². The Bertz CT molecular complexity index is 121. The molecule has 1 unspecified atom stereocenters. The van der Waals surface area contributed by atoms with Gasteiger partial charge in [-0.3, -0.25) is 0 Å². The maximum absolute atomic E-state index is 3.53. The van der Waals surface area contributed by atoms with Crippen LogP contribution in [0.15, 0.2) is 0 Å². The van der Waals surface area contributed by atoms with Crippen molar-refractivity contribution in [1.82, 2.24) is 10.6 Å². The van der Waals surface area contributed by atoms with Gasteiger partial charge in [0.25, 0.3) is 0 Å². The van der Waals surface area contributed by atoms with Crippen molar-refractivity contribution in [1.29, 1.82) is 0 Å². The molecule has 1 fully saturated rings. The van der Waals surface area contributed by atoms with E-state index in [0.29, 0.717) is 0 Å². The van der Waals surface area contributed by atoms with Gasteiger partial charge in [0.1, 0.15) is 0 Å². The molecule has 1 atom stereocenters. The van der Waals surface area contributed by atoms with Crippen LogP contribution in [-0.2, 0) is 0 Å². The standard InChI is InChI=1S/C11H24N2/c1-3-12-8-10(2)9-13-7-6-11-4-5-11/h10-13H,3-9H2,1-2H3. The van der Waals surface area contributed by atoms with E-state index in [9.17, 15) is 0 Å². The molecule has 1 saturated carbocycles. The Hall–Kier alpha value is -0.0800. The molecule has 0 radical (unpaired) electrons. The van der Waals surface area contributed by atoms with Crippen molar-refractivity contribution in [2.24, 2.45) is 11.8 Å². The first-order chi connectivity index (χ1) is 6.33. The van der Waals surface area contributed by atoms with Gasteiger partial charge < -0.3 is 10.6 Å². The third-order valence-corrected chi connectivity index (χ3v) is 2.66. The summed E-state index contributed by atoms with van der Waals surface area (Å²) in [5.74, 6) is 1.83. The Kier molecular flexibility index (Phi) is 5.40.